The fourth-order valence-electron chi connectivity index (χ4n) is 2.95. The van der Waals surface area contributed by atoms with Crippen molar-refractivity contribution in [1.29, 1.82) is 0 Å². The third-order valence-electron chi connectivity index (χ3n) is 4.28. The summed E-state index contributed by atoms with van der Waals surface area (Å²) in [6.45, 7) is 7.35. The zero-order valence-electron chi connectivity index (χ0n) is 13.1. The van der Waals surface area contributed by atoms with Crippen molar-refractivity contribution in [3.05, 3.63) is 0 Å². The van der Waals surface area contributed by atoms with E-state index in [2.05, 4.69) is 0 Å². The average Bonchev–Trinajstić information content (AvgIpc) is 2.38. The Morgan fingerprint density at radius 2 is 1.86 bits per heavy atom. The molecule has 2 fully saturated rings. The van der Waals surface area contributed by atoms with Crippen LogP contribution in [-0.2, 0) is 14.3 Å². The molecule has 0 aromatic heterocycles. The van der Waals surface area contributed by atoms with Crippen LogP contribution in [0.2, 0.25) is 0 Å². The summed E-state index contributed by atoms with van der Waals surface area (Å²) in [7, 11) is 0. The summed E-state index contributed by atoms with van der Waals surface area (Å²) in [5, 5.41) is 8.95. The van der Waals surface area contributed by atoms with Gasteiger partial charge in [-0.1, -0.05) is 0 Å². The second kappa shape index (κ2) is 5.83. The molecule has 6 heteroatoms. The van der Waals surface area contributed by atoms with Crippen LogP contribution in [0, 0.1) is 5.41 Å². The van der Waals surface area contributed by atoms with Gasteiger partial charge in [0.1, 0.15) is 5.60 Å². The van der Waals surface area contributed by atoms with E-state index in [1.54, 1.807) is 4.90 Å². The van der Waals surface area contributed by atoms with Crippen LogP contribution in [-0.4, -0.2) is 53.5 Å². The van der Waals surface area contributed by atoms with Gasteiger partial charge in [-0.25, -0.2) is 9.59 Å². The lowest BCUT2D eigenvalue weighted by Crippen LogP contribution is -2.49. The van der Waals surface area contributed by atoms with Gasteiger partial charge in [-0.05, 0) is 51.9 Å². The average molecular weight is 299 g/mol. The molecule has 0 aromatic rings. The normalized spacial score (nSPS) is 25.7. The fraction of sp³-hybridized carbons (Fsp3) is 0.867. The largest absolute Gasteiger partial charge is 0.479 e. The summed E-state index contributed by atoms with van der Waals surface area (Å²) in [6, 6.07) is 0. The number of carboxylic acid groups (broad SMARTS) is 1. The van der Waals surface area contributed by atoms with Crippen LogP contribution < -0.4 is 0 Å². The van der Waals surface area contributed by atoms with E-state index in [0.29, 0.717) is 26.1 Å². The molecule has 2 saturated heterocycles. The minimum Gasteiger partial charge on any atom is -0.479 e. The monoisotopic (exact) mass is 299 g/mol. The number of likely N-dealkylation sites (tertiary alicyclic amines) is 1. The Bertz CT molecular complexity index is 397. The summed E-state index contributed by atoms with van der Waals surface area (Å²) in [5.41, 5.74) is -0.445. The Hall–Kier alpha value is -1.30. The molecule has 2 aliphatic rings. The maximum atomic E-state index is 12.0. The number of rotatable bonds is 1. The number of carbonyl (C=O) groups excluding carboxylic acids is 1. The first kappa shape index (κ1) is 16.1. The van der Waals surface area contributed by atoms with Gasteiger partial charge in [0.25, 0.3) is 0 Å². The van der Waals surface area contributed by atoms with E-state index in [0.717, 1.165) is 19.3 Å². The molecule has 0 unspecified atom stereocenters. The third kappa shape index (κ3) is 4.09. The Morgan fingerprint density at radius 3 is 2.29 bits per heavy atom. The second-order valence-electron chi connectivity index (χ2n) is 7.14. The molecule has 0 aromatic carbocycles. The highest BCUT2D eigenvalue weighted by molar-refractivity contribution is 5.72. The van der Waals surface area contributed by atoms with E-state index in [9.17, 15) is 9.59 Å². The molecule has 0 bridgehead atoms. The maximum Gasteiger partial charge on any atom is 0.410 e. The lowest BCUT2D eigenvalue weighted by molar-refractivity contribution is -0.161. The number of aliphatic carboxylic acids is 1. The van der Waals surface area contributed by atoms with Crippen LogP contribution in [0.3, 0.4) is 0 Å². The first-order valence-corrected chi connectivity index (χ1v) is 7.53. The molecular weight excluding hydrogens is 274 g/mol. The molecule has 1 amide bonds. The minimum absolute atomic E-state index is 0.0322. The molecule has 0 saturated carbocycles. The zero-order valence-corrected chi connectivity index (χ0v) is 13.1. The lowest BCUT2D eigenvalue weighted by Gasteiger charge is -2.45. The Balaban J connectivity index is 1.84. The van der Waals surface area contributed by atoms with Crippen LogP contribution in [0.1, 0.15) is 46.5 Å². The van der Waals surface area contributed by atoms with Gasteiger partial charge in [0.05, 0.1) is 6.61 Å². The van der Waals surface area contributed by atoms with Crippen molar-refractivity contribution in [2.24, 2.45) is 5.41 Å². The Morgan fingerprint density at radius 1 is 1.24 bits per heavy atom. The highest BCUT2D eigenvalue weighted by Gasteiger charge is 2.41. The van der Waals surface area contributed by atoms with Gasteiger partial charge in [-0.15, -0.1) is 0 Å². The number of amides is 1. The van der Waals surface area contributed by atoms with Gasteiger partial charge in [0.2, 0.25) is 0 Å². The molecule has 2 rings (SSSR count). The van der Waals surface area contributed by atoms with Crippen molar-refractivity contribution in [2.45, 2.75) is 58.2 Å². The summed E-state index contributed by atoms with van der Waals surface area (Å²) in [6.07, 6.45) is 2.17. The van der Waals surface area contributed by atoms with Crippen LogP contribution in [0.4, 0.5) is 4.79 Å². The van der Waals surface area contributed by atoms with Crippen molar-refractivity contribution in [3.63, 3.8) is 0 Å². The molecule has 1 N–H and O–H groups in total. The second-order valence-corrected chi connectivity index (χ2v) is 7.14. The number of ether oxygens (including phenoxy) is 2. The van der Waals surface area contributed by atoms with E-state index in [1.165, 1.54) is 0 Å². The number of piperidine rings is 1. The fourth-order valence-corrected chi connectivity index (χ4v) is 2.95. The molecule has 0 aliphatic carbocycles. The number of carbonyl (C=O) groups is 2. The third-order valence-corrected chi connectivity index (χ3v) is 4.28. The summed E-state index contributed by atoms with van der Waals surface area (Å²) < 4.78 is 10.9. The van der Waals surface area contributed by atoms with Crippen molar-refractivity contribution < 1.29 is 24.2 Å². The highest BCUT2D eigenvalue weighted by atomic mass is 16.6. The number of hydrogen-bond donors (Lipinski definition) is 1. The number of carboxylic acids is 1. The molecule has 21 heavy (non-hydrogen) atoms. The van der Waals surface area contributed by atoms with E-state index in [-0.39, 0.29) is 11.5 Å². The molecule has 6 nitrogen and oxygen atoms in total. The van der Waals surface area contributed by atoms with Gasteiger partial charge in [0, 0.05) is 13.1 Å². The van der Waals surface area contributed by atoms with Crippen LogP contribution in [0.5, 0.6) is 0 Å². The van der Waals surface area contributed by atoms with Crippen LogP contribution >= 0.6 is 0 Å². The van der Waals surface area contributed by atoms with Crippen molar-refractivity contribution in [2.75, 3.05) is 19.7 Å². The van der Waals surface area contributed by atoms with Crippen molar-refractivity contribution in [3.8, 4) is 0 Å². The highest BCUT2D eigenvalue weighted by Crippen LogP contribution is 2.40. The molecule has 120 valence electrons. The van der Waals surface area contributed by atoms with Crippen LogP contribution in [0.25, 0.3) is 0 Å². The summed E-state index contributed by atoms with van der Waals surface area (Å²) >= 11 is 0. The summed E-state index contributed by atoms with van der Waals surface area (Å²) in [4.78, 5) is 24.7. The Kier molecular flexibility index (Phi) is 4.46. The molecule has 0 radical (unpaired) electrons. The standard InChI is InChI=1S/C15H25NO5/c1-14(2,3)21-13(19)16-8-6-15(7-9-16)5-4-11(12(17)18)20-10-15/h11H,4-10H2,1-3H3,(H,17,18)/t11-/m1/s1. The topological polar surface area (TPSA) is 76.1 Å². The molecule has 2 heterocycles. The van der Waals surface area contributed by atoms with Crippen molar-refractivity contribution in [1.82, 2.24) is 4.90 Å². The Labute approximate surface area is 125 Å². The molecule has 2 aliphatic heterocycles. The quantitative estimate of drug-likeness (QED) is 0.803. The van der Waals surface area contributed by atoms with Gasteiger partial charge < -0.3 is 19.5 Å². The predicted molar refractivity (Wildman–Crippen MR) is 76.1 cm³/mol. The minimum atomic E-state index is -0.879. The summed E-state index contributed by atoms with van der Waals surface area (Å²) in [5.74, 6) is -0.879. The van der Waals surface area contributed by atoms with Gasteiger partial charge in [-0.3, -0.25) is 0 Å². The molecule has 1 spiro atoms. The number of hydrogen-bond acceptors (Lipinski definition) is 4. The first-order valence-electron chi connectivity index (χ1n) is 7.53. The van der Waals surface area contributed by atoms with Gasteiger partial charge >= 0.3 is 12.1 Å². The van der Waals surface area contributed by atoms with Crippen molar-refractivity contribution >= 4 is 12.1 Å². The predicted octanol–water partition coefficient (Wildman–Crippen LogP) is 2.27. The van der Waals surface area contributed by atoms with E-state index in [4.69, 9.17) is 14.6 Å². The lowest BCUT2D eigenvalue weighted by atomic mass is 9.73. The SMILES string of the molecule is CC(C)(C)OC(=O)N1CCC2(CC[C@H](C(=O)O)OC2)CC1. The molecule has 1 atom stereocenters. The molecular formula is C15H25NO5. The first-order chi connectivity index (χ1) is 9.71. The smallest absolute Gasteiger partial charge is 0.410 e. The van der Waals surface area contributed by atoms with Gasteiger partial charge in [0.15, 0.2) is 6.10 Å². The maximum absolute atomic E-state index is 12.0. The van der Waals surface area contributed by atoms with E-state index >= 15 is 0 Å². The van der Waals surface area contributed by atoms with E-state index in [1.807, 2.05) is 20.8 Å². The number of nitrogens with zero attached hydrogens (tertiary/aromatic N) is 1. The zero-order chi connectivity index (χ0) is 15.7. The van der Waals surface area contributed by atoms with Crippen LogP contribution in [0.15, 0.2) is 0 Å². The van der Waals surface area contributed by atoms with E-state index < -0.39 is 17.7 Å². The van der Waals surface area contributed by atoms with Gasteiger partial charge in [-0.2, -0.15) is 0 Å².